The van der Waals surface area contributed by atoms with Gasteiger partial charge >= 0.3 is 0 Å². The molecule has 2 unspecified atom stereocenters. The van der Waals surface area contributed by atoms with E-state index in [1.807, 2.05) is 35.0 Å². The minimum atomic E-state index is -0.430. The molecule has 1 saturated heterocycles. The lowest BCUT2D eigenvalue weighted by molar-refractivity contribution is 0.280. The Morgan fingerprint density at radius 3 is 2.72 bits per heavy atom. The molecular formula is C22H22ClFN4S. The van der Waals surface area contributed by atoms with Gasteiger partial charge in [-0.15, -0.1) is 0 Å². The van der Waals surface area contributed by atoms with Crippen LogP contribution < -0.4 is 5.32 Å². The van der Waals surface area contributed by atoms with Crippen LogP contribution in [0.15, 0.2) is 60.9 Å². The van der Waals surface area contributed by atoms with E-state index in [-0.39, 0.29) is 17.1 Å². The molecule has 3 heterocycles. The molecule has 0 aliphatic carbocycles. The molecule has 1 aliphatic heterocycles. The van der Waals surface area contributed by atoms with Crippen LogP contribution in [0.3, 0.4) is 0 Å². The molecule has 0 amide bonds. The molecule has 1 N–H and O–H groups in total. The van der Waals surface area contributed by atoms with Gasteiger partial charge in [0.1, 0.15) is 5.82 Å². The van der Waals surface area contributed by atoms with Crippen LogP contribution in [-0.4, -0.2) is 26.1 Å². The Labute approximate surface area is 180 Å². The summed E-state index contributed by atoms with van der Waals surface area (Å²) in [5.74, 6) is 0.00374. The van der Waals surface area contributed by atoms with Crippen molar-refractivity contribution in [1.82, 2.24) is 19.8 Å². The smallest absolute Gasteiger partial charge is 0.170 e. The molecular weight excluding hydrogens is 407 g/mol. The molecule has 0 saturated carbocycles. The van der Waals surface area contributed by atoms with Crippen LogP contribution >= 0.6 is 23.8 Å². The summed E-state index contributed by atoms with van der Waals surface area (Å²) < 4.78 is 15.7. The van der Waals surface area contributed by atoms with Gasteiger partial charge in [-0.3, -0.25) is 4.98 Å². The molecule has 150 valence electrons. The number of pyridine rings is 1. The van der Waals surface area contributed by atoms with E-state index in [4.69, 9.17) is 23.8 Å². The minimum absolute atomic E-state index is 0.0568. The van der Waals surface area contributed by atoms with E-state index in [2.05, 4.69) is 35.1 Å². The topological polar surface area (TPSA) is 33.1 Å². The molecule has 2 atom stereocenters. The van der Waals surface area contributed by atoms with Gasteiger partial charge in [0, 0.05) is 30.3 Å². The number of nitrogens with zero attached hydrogens (tertiary/aromatic N) is 3. The number of thiocarbonyl (C=S) groups is 1. The van der Waals surface area contributed by atoms with Crippen LogP contribution in [0.25, 0.3) is 5.69 Å². The van der Waals surface area contributed by atoms with Crippen LogP contribution in [0.1, 0.15) is 37.3 Å². The molecule has 3 aromatic rings. The van der Waals surface area contributed by atoms with Gasteiger partial charge < -0.3 is 14.8 Å². The van der Waals surface area contributed by atoms with Crippen molar-refractivity contribution in [3.63, 3.8) is 0 Å². The second-order valence-electron chi connectivity index (χ2n) is 7.57. The molecule has 4 nitrogen and oxygen atoms in total. The molecule has 0 bridgehead atoms. The first-order chi connectivity index (χ1) is 14.0. The van der Waals surface area contributed by atoms with Crippen molar-refractivity contribution < 1.29 is 4.39 Å². The molecule has 7 heteroatoms. The second-order valence-corrected chi connectivity index (χ2v) is 8.37. The van der Waals surface area contributed by atoms with Crippen molar-refractivity contribution in [3.8, 4) is 5.69 Å². The Kier molecular flexibility index (Phi) is 5.56. The van der Waals surface area contributed by atoms with Gasteiger partial charge in [-0.05, 0) is 60.6 Å². The highest BCUT2D eigenvalue weighted by atomic mass is 35.5. The maximum atomic E-state index is 13.7. The summed E-state index contributed by atoms with van der Waals surface area (Å²) in [6.07, 6.45) is 3.75. The Morgan fingerprint density at radius 1 is 1.21 bits per heavy atom. The van der Waals surface area contributed by atoms with Gasteiger partial charge in [-0.1, -0.05) is 31.5 Å². The summed E-state index contributed by atoms with van der Waals surface area (Å²) in [5, 5.41) is 4.27. The van der Waals surface area contributed by atoms with Crippen molar-refractivity contribution >= 4 is 28.9 Å². The highest BCUT2D eigenvalue weighted by Crippen LogP contribution is 2.40. The molecule has 0 radical (unpaired) electrons. The molecule has 29 heavy (non-hydrogen) atoms. The van der Waals surface area contributed by atoms with E-state index in [1.165, 1.54) is 6.07 Å². The Bertz CT molecular complexity index is 1020. The first-order valence-electron chi connectivity index (χ1n) is 9.56. The van der Waals surface area contributed by atoms with Gasteiger partial charge in [0.2, 0.25) is 0 Å². The Balaban J connectivity index is 1.82. The lowest BCUT2D eigenvalue weighted by Gasteiger charge is -2.30. The van der Waals surface area contributed by atoms with E-state index in [1.54, 1.807) is 18.3 Å². The van der Waals surface area contributed by atoms with Gasteiger partial charge in [-0.2, -0.15) is 0 Å². The molecule has 1 fully saturated rings. The summed E-state index contributed by atoms with van der Waals surface area (Å²) in [4.78, 5) is 6.79. The number of rotatable bonds is 5. The monoisotopic (exact) mass is 428 g/mol. The fraction of sp³-hybridized carbons (Fsp3) is 0.273. The lowest BCUT2D eigenvalue weighted by atomic mass is 10.0. The predicted molar refractivity (Wildman–Crippen MR) is 118 cm³/mol. The number of halogens is 2. The third-order valence-electron chi connectivity index (χ3n) is 5.02. The fourth-order valence-corrected chi connectivity index (χ4v) is 4.31. The predicted octanol–water partition coefficient (Wildman–Crippen LogP) is 5.29. The minimum Gasteiger partial charge on any atom is -0.352 e. The van der Waals surface area contributed by atoms with E-state index in [9.17, 15) is 4.39 Å². The van der Waals surface area contributed by atoms with Crippen LogP contribution in [0, 0.1) is 11.7 Å². The third kappa shape index (κ3) is 3.87. The zero-order valence-corrected chi connectivity index (χ0v) is 17.8. The summed E-state index contributed by atoms with van der Waals surface area (Å²) >= 11 is 11.7. The van der Waals surface area contributed by atoms with E-state index >= 15 is 0 Å². The van der Waals surface area contributed by atoms with Crippen molar-refractivity contribution in [3.05, 3.63) is 83.2 Å². The standard InChI is InChI=1S/C22H22ClFN4S/c1-14(2)13-28-21(20(26-22(28)29)18-6-3-4-10-25-18)19-7-5-11-27(19)15-8-9-17(24)16(23)12-15/h3-12,14,20-21H,13H2,1-2H3,(H,26,29). The average molecular weight is 429 g/mol. The van der Waals surface area contributed by atoms with Crippen LogP contribution in [-0.2, 0) is 0 Å². The molecule has 1 aliphatic rings. The largest absolute Gasteiger partial charge is 0.352 e. The second kappa shape index (κ2) is 8.13. The number of aromatic nitrogens is 2. The molecule has 1 aromatic carbocycles. The van der Waals surface area contributed by atoms with E-state index in [0.29, 0.717) is 11.0 Å². The normalized spacial score (nSPS) is 19.1. The van der Waals surface area contributed by atoms with Crippen molar-refractivity contribution in [1.29, 1.82) is 0 Å². The Morgan fingerprint density at radius 2 is 2.03 bits per heavy atom. The maximum absolute atomic E-state index is 13.7. The van der Waals surface area contributed by atoms with Gasteiger partial charge in [0.25, 0.3) is 0 Å². The SMILES string of the molecule is CC(C)CN1C(=S)NC(c2ccccn2)C1c1cccn1-c1ccc(F)c(Cl)c1. The van der Waals surface area contributed by atoms with E-state index < -0.39 is 5.82 Å². The van der Waals surface area contributed by atoms with Gasteiger partial charge in [0.15, 0.2) is 5.11 Å². The van der Waals surface area contributed by atoms with Crippen molar-refractivity contribution in [2.45, 2.75) is 25.9 Å². The van der Waals surface area contributed by atoms with E-state index in [0.717, 1.165) is 23.6 Å². The number of nitrogens with one attached hydrogen (secondary N) is 1. The van der Waals surface area contributed by atoms with Crippen molar-refractivity contribution in [2.75, 3.05) is 6.54 Å². The lowest BCUT2D eigenvalue weighted by Crippen LogP contribution is -2.33. The molecule has 0 spiro atoms. The number of hydrogen-bond donors (Lipinski definition) is 1. The van der Waals surface area contributed by atoms with Crippen LogP contribution in [0.2, 0.25) is 5.02 Å². The number of hydrogen-bond acceptors (Lipinski definition) is 2. The summed E-state index contributed by atoms with van der Waals surface area (Å²) in [7, 11) is 0. The summed E-state index contributed by atoms with van der Waals surface area (Å²) in [6, 6.07) is 14.6. The van der Waals surface area contributed by atoms with Crippen molar-refractivity contribution in [2.24, 2.45) is 5.92 Å². The van der Waals surface area contributed by atoms with Crippen LogP contribution in [0.4, 0.5) is 4.39 Å². The van der Waals surface area contributed by atoms with Gasteiger partial charge in [-0.25, -0.2) is 4.39 Å². The first kappa shape index (κ1) is 19.9. The van der Waals surface area contributed by atoms with Gasteiger partial charge in [0.05, 0.1) is 22.8 Å². The molecule has 2 aromatic heterocycles. The zero-order valence-electron chi connectivity index (χ0n) is 16.2. The Hall–Kier alpha value is -2.44. The zero-order chi connectivity index (χ0) is 20.5. The highest BCUT2D eigenvalue weighted by Gasteiger charge is 2.41. The fourth-order valence-electron chi connectivity index (χ4n) is 3.82. The maximum Gasteiger partial charge on any atom is 0.170 e. The number of benzene rings is 1. The van der Waals surface area contributed by atoms with Crippen LogP contribution in [0.5, 0.6) is 0 Å². The third-order valence-corrected chi connectivity index (χ3v) is 5.67. The molecule has 4 rings (SSSR count). The average Bonchev–Trinajstić information content (AvgIpc) is 3.29. The summed E-state index contributed by atoms with van der Waals surface area (Å²) in [6.45, 7) is 5.16. The first-order valence-corrected chi connectivity index (χ1v) is 10.3. The summed E-state index contributed by atoms with van der Waals surface area (Å²) in [5.41, 5.74) is 2.77. The highest BCUT2D eigenvalue weighted by molar-refractivity contribution is 7.80. The quantitative estimate of drug-likeness (QED) is 0.559.